The summed E-state index contributed by atoms with van der Waals surface area (Å²) in [6.07, 6.45) is 1.15. The van der Waals surface area contributed by atoms with E-state index in [-0.39, 0.29) is 12.1 Å². The molecule has 1 aromatic rings. The van der Waals surface area contributed by atoms with Crippen molar-refractivity contribution in [2.45, 2.75) is 26.4 Å². The van der Waals surface area contributed by atoms with E-state index in [0.717, 1.165) is 13.0 Å². The summed E-state index contributed by atoms with van der Waals surface area (Å²) < 4.78 is 15.7. The lowest BCUT2D eigenvalue weighted by atomic mass is 10.2. The van der Waals surface area contributed by atoms with E-state index in [2.05, 4.69) is 12.2 Å². The highest BCUT2D eigenvalue weighted by molar-refractivity contribution is 5.89. The molecule has 0 spiro atoms. The highest BCUT2D eigenvalue weighted by Gasteiger charge is 2.06. The van der Waals surface area contributed by atoms with E-state index >= 15 is 0 Å². The van der Waals surface area contributed by atoms with Crippen molar-refractivity contribution in [1.29, 1.82) is 0 Å². The number of carbonyl (C=O) groups is 1. The minimum atomic E-state index is -0.317. The van der Waals surface area contributed by atoms with Gasteiger partial charge in [0.1, 0.15) is 12.5 Å². The maximum Gasteiger partial charge on any atom is 0.338 e. The number of hydrogen-bond donors (Lipinski definition) is 1. The average molecular weight is 281 g/mol. The summed E-state index contributed by atoms with van der Waals surface area (Å²) in [4.78, 5) is 11.5. The van der Waals surface area contributed by atoms with Crippen LogP contribution in [0.2, 0.25) is 0 Å². The topological polar surface area (TPSA) is 56.8 Å². The Bertz CT molecular complexity index is 387. The molecule has 0 saturated carbocycles. The second kappa shape index (κ2) is 9.34. The molecular weight excluding hydrogens is 258 g/mol. The third-order valence-corrected chi connectivity index (χ3v) is 2.87. The molecule has 1 rings (SSSR count). The van der Waals surface area contributed by atoms with Crippen LogP contribution in [0.1, 0.15) is 30.6 Å². The summed E-state index contributed by atoms with van der Waals surface area (Å²) >= 11 is 0. The maximum absolute atomic E-state index is 11.5. The first-order chi connectivity index (χ1) is 9.71. The van der Waals surface area contributed by atoms with Gasteiger partial charge in [-0.25, -0.2) is 4.79 Å². The van der Waals surface area contributed by atoms with Crippen LogP contribution in [0, 0.1) is 0 Å². The second-order valence-electron chi connectivity index (χ2n) is 4.25. The van der Waals surface area contributed by atoms with Crippen molar-refractivity contribution in [3.8, 4) is 5.75 Å². The molecule has 1 unspecified atom stereocenters. The van der Waals surface area contributed by atoms with Crippen molar-refractivity contribution in [2.75, 3.05) is 27.0 Å². The summed E-state index contributed by atoms with van der Waals surface area (Å²) in [5.74, 6) is 0.388. The molecule has 0 amide bonds. The van der Waals surface area contributed by atoms with Gasteiger partial charge < -0.3 is 14.2 Å². The van der Waals surface area contributed by atoms with Crippen LogP contribution in [0.25, 0.3) is 0 Å². The van der Waals surface area contributed by atoms with Gasteiger partial charge in [-0.3, -0.25) is 5.32 Å². The fourth-order valence-corrected chi connectivity index (χ4v) is 1.65. The molecular formula is C15H23NO4. The Kier molecular flexibility index (Phi) is 7.69. The first kappa shape index (κ1) is 16.5. The zero-order valence-corrected chi connectivity index (χ0v) is 12.3. The number of hydrogen-bond acceptors (Lipinski definition) is 5. The lowest BCUT2D eigenvalue weighted by molar-refractivity contribution is 0.0526. The summed E-state index contributed by atoms with van der Waals surface area (Å²) in [6.45, 7) is 5.38. The number of rotatable bonds is 9. The van der Waals surface area contributed by atoms with Crippen LogP contribution in [0.4, 0.5) is 0 Å². The van der Waals surface area contributed by atoms with E-state index in [1.54, 1.807) is 38.3 Å². The predicted molar refractivity (Wildman–Crippen MR) is 77.0 cm³/mol. The quantitative estimate of drug-likeness (QED) is 0.427. The zero-order chi connectivity index (χ0) is 14.8. The number of methoxy groups -OCH3 is 1. The van der Waals surface area contributed by atoms with Crippen LogP contribution >= 0.6 is 0 Å². The molecule has 0 heterocycles. The molecule has 0 aliphatic carbocycles. The summed E-state index contributed by atoms with van der Waals surface area (Å²) in [5.41, 5.74) is 0.526. The molecule has 0 aromatic heterocycles. The van der Waals surface area contributed by atoms with Gasteiger partial charge in [0.15, 0.2) is 0 Å². The first-order valence-corrected chi connectivity index (χ1v) is 6.84. The van der Waals surface area contributed by atoms with Crippen molar-refractivity contribution in [3.05, 3.63) is 29.8 Å². The van der Waals surface area contributed by atoms with E-state index < -0.39 is 0 Å². The minimum absolute atomic E-state index is 0.199. The SMILES string of the molecule is CCOC(=O)c1ccc(OCNCC(CC)OC)cc1. The van der Waals surface area contributed by atoms with E-state index in [1.807, 2.05) is 0 Å². The molecule has 5 heteroatoms. The van der Waals surface area contributed by atoms with Gasteiger partial charge in [0.25, 0.3) is 0 Å². The second-order valence-corrected chi connectivity index (χ2v) is 4.25. The van der Waals surface area contributed by atoms with Crippen molar-refractivity contribution < 1.29 is 19.0 Å². The van der Waals surface area contributed by atoms with E-state index in [4.69, 9.17) is 14.2 Å². The van der Waals surface area contributed by atoms with Crippen LogP contribution in [0.3, 0.4) is 0 Å². The zero-order valence-electron chi connectivity index (χ0n) is 12.3. The monoisotopic (exact) mass is 281 g/mol. The van der Waals surface area contributed by atoms with Gasteiger partial charge in [-0.2, -0.15) is 0 Å². The normalized spacial score (nSPS) is 11.9. The minimum Gasteiger partial charge on any atom is -0.478 e. The Morgan fingerprint density at radius 1 is 1.25 bits per heavy atom. The van der Waals surface area contributed by atoms with Gasteiger partial charge in [-0.1, -0.05) is 6.92 Å². The first-order valence-electron chi connectivity index (χ1n) is 6.84. The fourth-order valence-electron chi connectivity index (χ4n) is 1.65. The lowest BCUT2D eigenvalue weighted by Gasteiger charge is -2.14. The molecule has 0 fully saturated rings. The lowest BCUT2D eigenvalue weighted by Crippen LogP contribution is -2.30. The van der Waals surface area contributed by atoms with Crippen molar-refractivity contribution in [1.82, 2.24) is 5.32 Å². The summed E-state index contributed by atoms with van der Waals surface area (Å²) in [7, 11) is 1.70. The van der Waals surface area contributed by atoms with Crippen molar-refractivity contribution in [3.63, 3.8) is 0 Å². The molecule has 1 N–H and O–H groups in total. The fraction of sp³-hybridized carbons (Fsp3) is 0.533. The van der Waals surface area contributed by atoms with Crippen LogP contribution in [-0.4, -0.2) is 39.1 Å². The van der Waals surface area contributed by atoms with E-state index in [1.165, 1.54) is 0 Å². The molecule has 0 radical (unpaired) electrons. The Morgan fingerprint density at radius 3 is 2.50 bits per heavy atom. The Balaban J connectivity index is 2.33. The molecule has 1 atom stereocenters. The molecule has 20 heavy (non-hydrogen) atoms. The number of nitrogens with one attached hydrogen (secondary N) is 1. The molecule has 0 aliphatic heterocycles. The van der Waals surface area contributed by atoms with Gasteiger partial charge in [0.2, 0.25) is 0 Å². The molecule has 1 aromatic carbocycles. The highest BCUT2D eigenvalue weighted by atomic mass is 16.5. The smallest absolute Gasteiger partial charge is 0.338 e. The number of carbonyl (C=O) groups excluding carboxylic acids is 1. The molecule has 0 bridgehead atoms. The maximum atomic E-state index is 11.5. The Hall–Kier alpha value is -1.59. The number of ether oxygens (including phenoxy) is 3. The Morgan fingerprint density at radius 2 is 1.95 bits per heavy atom. The van der Waals surface area contributed by atoms with Crippen LogP contribution < -0.4 is 10.1 Å². The van der Waals surface area contributed by atoms with Gasteiger partial charge in [-0.15, -0.1) is 0 Å². The van der Waals surface area contributed by atoms with E-state index in [9.17, 15) is 4.79 Å². The standard InChI is InChI=1S/C15H23NO4/c1-4-13(18-3)10-16-11-20-14-8-6-12(7-9-14)15(17)19-5-2/h6-9,13,16H,4-5,10-11H2,1-3H3. The highest BCUT2D eigenvalue weighted by Crippen LogP contribution is 2.12. The van der Waals surface area contributed by atoms with Gasteiger partial charge in [-0.05, 0) is 37.6 Å². The molecule has 0 saturated heterocycles. The third kappa shape index (κ3) is 5.59. The average Bonchev–Trinajstić information content (AvgIpc) is 2.48. The summed E-state index contributed by atoms with van der Waals surface area (Å²) in [5, 5.41) is 3.15. The van der Waals surface area contributed by atoms with E-state index in [0.29, 0.717) is 24.7 Å². The van der Waals surface area contributed by atoms with Gasteiger partial charge in [0, 0.05) is 13.7 Å². The number of benzene rings is 1. The third-order valence-electron chi connectivity index (χ3n) is 2.87. The predicted octanol–water partition coefficient (Wildman–Crippen LogP) is 2.21. The number of esters is 1. The molecule has 5 nitrogen and oxygen atoms in total. The van der Waals surface area contributed by atoms with Crippen LogP contribution in [-0.2, 0) is 9.47 Å². The van der Waals surface area contributed by atoms with Gasteiger partial charge >= 0.3 is 5.97 Å². The largest absolute Gasteiger partial charge is 0.478 e. The molecule has 112 valence electrons. The summed E-state index contributed by atoms with van der Waals surface area (Å²) in [6, 6.07) is 6.89. The van der Waals surface area contributed by atoms with Crippen LogP contribution in [0.15, 0.2) is 24.3 Å². The van der Waals surface area contributed by atoms with Crippen molar-refractivity contribution >= 4 is 5.97 Å². The van der Waals surface area contributed by atoms with Gasteiger partial charge in [0.05, 0.1) is 18.3 Å². The molecule has 0 aliphatic rings. The van der Waals surface area contributed by atoms with Crippen molar-refractivity contribution in [2.24, 2.45) is 0 Å². The van der Waals surface area contributed by atoms with Crippen LogP contribution in [0.5, 0.6) is 5.75 Å². The Labute approximate surface area is 120 Å².